The van der Waals surface area contributed by atoms with Gasteiger partial charge in [0.2, 0.25) is 5.88 Å². The van der Waals surface area contributed by atoms with Gasteiger partial charge in [-0.15, -0.1) is 0 Å². The number of halogens is 3. The number of guanidine groups is 1. The Labute approximate surface area is 168 Å². The molecule has 2 aromatic rings. The summed E-state index contributed by atoms with van der Waals surface area (Å²) in [5.74, 6) is 0.709. The maximum Gasteiger partial charge on any atom is 0.422 e. The highest BCUT2D eigenvalue weighted by atomic mass is 19.4. The number of nitrogens with zero attached hydrogens (tertiary/aromatic N) is 4. The van der Waals surface area contributed by atoms with Crippen LogP contribution in [0.1, 0.15) is 5.56 Å². The van der Waals surface area contributed by atoms with E-state index in [2.05, 4.69) is 37.2 Å². The zero-order chi connectivity index (χ0) is 20.7. The molecule has 1 aliphatic heterocycles. The third-order valence-corrected chi connectivity index (χ3v) is 4.55. The van der Waals surface area contributed by atoms with E-state index in [0.717, 1.165) is 37.7 Å². The van der Waals surface area contributed by atoms with Crippen LogP contribution in [-0.2, 0) is 6.54 Å². The molecule has 1 aliphatic rings. The molecular weight excluding hydrogens is 383 g/mol. The number of anilines is 1. The number of pyridine rings is 1. The summed E-state index contributed by atoms with van der Waals surface area (Å²) < 4.78 is 41.6. The predicted octanol–water partition coefficient (Wildman–Crippen LogP) is 2.92. The van der Waals surface area contributed by atoms with Crippen molar-refractivity contribution >= 4 is 11.6 Å². The first kappa shape index (κ1) is 20.8. The van der Waals surface area contributed by atoms with E-state index in [4.69, 9.17) is 4.74 Å². The minimum atomic E-state index is -4.39. The number of aliphatic imine (C=N–C) groups is 1. The highest BCUT2D eigenvalue weighted by Gasteiger charge is 2.28. The van der Waals surface area contributed by atoms with E-state index >= 15 is 0 Å². The number of alkyl halides is 3. The maximum atomic E-state index is 12.3. The molecular formula is C20H24F3N5O. The minimum absolute atomic E-state index is 0.0481. The normalized spacial score (nSPS) is 15.4. The lowest BCUT2D eigenvalue weighted by Crippen LogP contribution is -2.52. The van der Waals surface area contributed by atoms with Crippen molar-refractivity contribution in [2.45, 2.75) is 12.7 Å². The minimum Gasteiger partial charge on any atom is -0.468 e. The van der Waals surface area contributed by atoms with Crippen LogP contribution in [-0.4, -0.2) is 61.9 Å². The molecule has 0 unspecified atom stereocenters. The van der Waals surface area contributed by atoms with E-state index in [1.165, 1.54) is 18.0 Å². The van der Waals surface area contributed by atoms with Crippen LogP contribution < -0.4 is 15.0 Å². The molecule has 1 aromatic heterocycles. The van der Waals surface area contributed by atoms with Gasteiger partial charge in [-0.25, -0.2) is 4.98 Å². The van der Waals surface area contributed by atoms with Gasteiger partial charge in [0.1, 0.15) is 0 Å². The van der Waals surface area contributed by atoms with Crippen LogP contribution in [0.25, 0.3) is 0 Å². The summed E-state index contributed by atoms with van der Waals surface area (Å²) in [7, 11) is 1.72. The number of ether oxygens (including phenoxy) is 1. The zero-order valence-corrected chi connectivity index (χ0v) is 16.2. The number of para-hydroxylation sites is 1. The van der Waals surface area contributed by atoms with Crippen molar-refractivity contribution in [2.75, 3.05) is 44.7 Å². The summed E-state index contributed by atoms with van der Waals surface area (Å²) in [6.07, 6.45) is -2.95. The molecule has 0 aliphatic carbocycles. The molecule has 6 nitrogen and oxygen atoms in total. The highest BCUT2D eigenvalue weighted by molar-refractivity contribution is 5.80. The van der Waals surface area contributed by atoms with E-state index in [0.29, 0.717) is 6.54 Å². The second-order valence-electron chi connectivity index (χ2n) is 6.62. The van der Waals surface area contributed by atoms with Crippen molar-refractivity contribution in [3.05, 3.63) is 54.2 Å². The summed E-state index contributed by atoms with van der Waals surface area (Å²) in [4.78, 5) is 12.7. The Balaban J connectivity index is 1.51. The fourth-order valence-corrected chi connectivity index (χ4v) is 3.12. The van der Waals surface area contributed by atoms with Crippen molar-refractivity contribution in [1.82, 2.24) is 15.2 Å². The molecule has 3 rings (SSSR count). The first-order valence-corrected chi connectivity index (χ1v) is 9.35. The SMILES string of the molecule is CN=C(NCc1ccnc(OCC(F)(F)F)c1)N1CCN(c2ccccc2)CC1. The average Bonchev–Trinajstić information content (AvgIpc) is 2.74. The van der Waals surface area contributed by atoms with E-state index in [1.54, 1.807) is 13.1 Å². The number of hydrogen-bond acceptors (Lipinski definition) is 4. The largest absolute Gasteiger partial charge is 0.468 e. The maximum absolute atomic E-state index is 12.3. The summed E-state index contributed by atoms with van der Waals surface area (Å²) in [6, 6.07) is 13.5. The van der Waals surface area contributed by atoms with E-state index in [1.807, 2.05) is 18.2 Å². The first-order chi connectivity index (χ1) is 13.9. The Kier molecular flexibility index (Phi) is 6.79. The molecule has 0 radical (unpaired) electrons. The van der Waals surface area contributed by atoms with Crippen LogP contribution in [0.15, 0.2) is 53.7 Å². The van der Waals surface area contributed by atoms with Crippen molar-refractivity contribution in [2.24, 2.45) is 4.99 Å². The fraction of sp³-hybridized carbons (Fsp3) is 0.400. The molecule has 0 saturated carbocycles. The second-order valence-corrected chi connectivity index (χ2v) is 6.62. The number of nitrogens with one attached hydrogen (secondary N) is 1. The van der Waals surface area contributed by atoms with E-state index in [9.17, 15) is 13.2 Å². The van der Waals surface area contributed by atoms with Gasteiger partial charge in [-0.1, -0.05) is 18.2 Å². The average molecular weight is 407 g/mol. The highest BCUT2D eigenvalue weighted by Crippen LogP contribution is 2.18. The van der Waals surface area contributed by atoms with Gasteiger partial charge in [0.25, 0.3) is 0 Å². The molecule has 1 N–H and O–H groups in total. The van der Waals surface area contributed by atoms with E-state index in [-0.39, 0.29) is 5.88 Å². The monoisotopic (exact) mass is 407 g/mol. The Morgan fingerprint density at radius 1 is 1.14 bits per heavy atom. The fourth-order valence-electron chi connectivity index (χ4n) is 3.12. The molecule has 1 saturated heterocycles. The van der Waals surface area contributed by atoms with Crippen molar-refractivity contribution in [1.29, 1.82) is 0 Å². The van der Waals surface area contributed by atoms with Crippen molar-refractivity contribution in [3.8, 4) is 5.88 Å². The first-order valence-electron chi connectivity index (χ1n) is 9.35. The Morgan fingerprint density at radius 2 is 1.86 bits per heavy atom. The predicted molar refractivity (Wildman–Crippen MR) is 106 cm³/mol. The van der Waals surface area contributed by atoms with Gasteiger partial charge >= 0.3 is 6.18 Å². The summed E-state index contributed by atoms with van der Waals surface area (Å²) in [5, 5.41) is 3.26. The lowest BCUT2D eigenvalue weighted by Gasteiger charge is -2.37. The molecule has 0 spiro atoms. The van der Waals surface area contributed by atoms with Crippen LogP contribution in [0.2, 0.25) is 0 Å². The number of aromatic nitrogens is 1. The summed E-state index contributed by atoms with van der Waals surface area (Å²) in [6.45, 7) is 2.47. The molecule has 0 amide bonds. The second kappa shape index (κ2) is 9.49. The Bertz CT molecular complexity index is 805. The van der Waals surface area contributed by atoms with Crippen molar-refractivity contribution in [3.63, 3.8) is 0 Å². The van der Waals surface area contributed by atoms with Gasteiger partial charge in [0.05, 0.1) is 0 Å². The van der Waals surface area contributed by atoms with E-state index < -0.39 is 12.8 Å². The molecule has 2 heterocycles. The Hall–Kier alpha value is -2.97. The third-order valence-electron chi connectivity index (χ3n) is 4.55. The standard InChI is InChI=1S/C20H24F3N5O/c1-24-19(28-11-9-27(10-12-28)17-5-3-2-4-6-17)26-14-16-7-8-25-18(13-16)29-15-20(21,22)23/h2-8,13H,9-12,14-15H2,1H3,(H,24,26). The molecule has 0 bridgehead atoms. The molecule has 1 fully saturated rings. The van der Waals surface area contributed by atoms with Crippen LogP contribution in [0.4, 0.5) is 18.9 Å². The van der Waals surface area contributed by atoms with Crippen LogP contribution in [0.5, 0.6) is 5.88 Å². The van der Waals surface area contributed by atoms with Crippen LogP contribution >= 0.6 is 0 Å². The topological polar surface area (TPSA) is 53.0 Å². The smallest absolute Gasteiger partial charge is 0.422 e. The molecule has 9 heteroatoms. The Morgan fingerprint density at radius 3 is 2.52 bits per heavy atom. The van der Waals surface area contributed by atoms with Gasteiger partial charge in [-0.2, -0.15) is 13.2 Å². The van der Waals surface area contributed by atoms with Crippen LogP contribution in [0, 0.1) is 0 Å². The molecule has 1 aromatic carbocycles. The van der Waals surface area contributed by atoms with Gasteiger partial charge in [0.15, 0.2) is 12.6 Å². The van der Waals surface area contributed by atoms with Crippen molar-refractivity contribution < 1.29 is 17.9 Å². The van der Waals surface area contributed by atoms with Gasteiger partial charge in [0, 0.05) is 57.7 Å². The number of piperazine rings is 1. The summed E-state index contributed by atoms with van der Waals surface area (Å²) >= 11 is 0. The zero-order valence-electron chi connectivity index (χ0n) is 16.2. The molecule has 29 heavy (non-hydrogen) atoms. The quantitative estimate of drug-likeness (QED) is 0.610. The molecule has 156 valence electrons. The number of hydrogen-bond donors (Lipinski definition) is 1. The van der Waals surface area contributed by atoms with Gasteiger partial charge in [-0.05, 0) is 23.8 Å². The lowest BCUT2D eigenvalue weighted by molar-refractivity contribution is -0.154. The lowest BCUT2D eigenvalue weighted by atomic mass is 10.2. The number of benzene rings is 1. The van der Waals surface area contributed by atoms with Crippen LogP contribution in [0.3, 0.4) is 0 Å². The summed E-state index contributed by atoms with van der Waals surface area (Å²) in [5.41, 5.74) is 1.97. The number of rotatable bonds is 5. The van der Waals surface area contributed by atoms with Gasteiger partial charge < -0.3 is 19.9 Å². The molecule has 0 atom stereocenters. The van der Waals surface area contributed by atoms with Gasteiger partial charge in [-0.3, -0.25) is 4.99 Å². The third kappa shape index (κ3) is 6.27.